The molecule has 50 heavy (non-hydrogen) atoms. The minimum absolute atomic E-state index is 0.222. The lowest BCUT2D eigenvalue weighted by Crippen LogP contribution is -1.86. The minimum Gasteiger partial charge on any atom is -0.481 e. The van der Waals surface area contributed by atoms with E-state index in [1.165, 1.54) is 205 Å². The quantitative estimate of drug-likeness (QED) is 0.0307. The van der Waals surface area contributed by atoms with Gasteiger partial charge in [-0.15, -0.1) is 0 Å². The van der Waals surface area contributed by atoms with Gasteiger partial charge in [0.15, 0.2) is 0 Å². The molecule has 0 spiro atoms. The monoisotopic (exact) mass is 739 g/mol. The highest BCUT2D eigenvalue weighted by Gasteiger charge is 1.95. The average Bonchev–Trinajstić information content (AvgIpc) is 3.09. The first-order valence-electron chi connectivity index (χ1n) is 21.4. The largest absolute Gasteiger partial charge is 0.481 e. The van der Waals surface area contributed by atoms with Crippen LogP contribution in [0.3, 0.4) is 0 Å². The highest BCUT2D eigenvalue weighted by molar-refractivity contribution is 7.66. The van der Waals surface area contributed by atoms with Crippen LogP contribution in [0, 0.1) is 0 Å². The Morgan fingerprint density at radius 3 is 0.460 bits per heavy atom. The molecule has 3 N–H and O–H groups in total. The standard InChI is InChI=1S/2C18H38.2C3H6O2.H2O3S/c2*1-3-5-7-9-11-13-15-17-18-16-14-12-10-8-6-4-2;2*1-2-3(4)5;1-4(2)3/h2*3-18H2,1-2H3;2*2H2,1H3,(H,4,5);4H,(H,1,2,3). The van der Waals surface area contributed by atoms with Crippen LogP contribution in [0.1, 0.15) is 260 Å². The Hall–Kier alpha value is -1.15. The number of unbranched alkanes of at least 4 members (excludes halogenated alkanes) is 30. The van der Waals surface area contributed by atoms with Crippen LogP contribution in [0.25, 0.3) is 0 Å². The van der Waals surface area contributed by atoms with Gasteiger partial charge in [0.25, 0.3) is 11.0 Å². The molecule has 0 rings (SSSR count). The Bertz CT molecular complexity index is 582. The number of carboxylic acid groups (broad SMARTS) is 2. The van der Waals surface area contributed by atoms with Crippen molar-refractivity contribution in [3.63, 3.8) is 0 Å². The van der Waals surface area contributed by atoms with Crippen molar-refractivity contribution < 1.29 is 32.8 Å². The van der Waals surface area contributed by atoms with Crippen molar-refractivity contribution >= 4 is 22.9 Å². The second kappa shape index (κ2) is 60.0. The molecule has 0 aromatic rings. The molecule has 0 aliphatic rings. The number of carbonyl (C=O) groups is 2. The Kier molecular flexibility index (Phi) is 69.8. The molecule has 0 fully saturated rings. The van der Waals surface area contributed by atoms with E-state index in [0.717, 1.165) is 0 Å². The maximum atomic E-state index is 9.37. The number of rotatable bonds is 32. The van der Waals surface area contributed by atoms with Gasteiger partial charge in [-0.3, -0.25) is 14.1 Å². The molecule has 0 saturated heterocycles. The van der Waals surface area contributed by atoms with Crippen molar-refractivity contribution in [3.05, 3.63) is 0 Å². The molecule has 0 aliphatic heterocycles. The van der Waals surface area contributed by atoms with Crippen LogP contribution in [0.15, 0.2) is 0 Å². The summed E-state index contributed by atoms with van der Waals surface area (Å²) >= 11 is 0. The summed E-state index contributed by atoms with van der Waals surface area (Å²) in [4.78, 5) is 18.7. The van der Waals surface area contributed by atoms with Gasteiger partial charge in [0.2, 0.25) is 0 Å². The van der Waals surface area contributed by atoms with Crippen LogP contribution in [0.2, 0.25) is 0 Å². The van der Waals surface area contributed by atoms with Crippen molar-refractivity contribution in [3.8, 4) is 0 Å². The van der Waals surface area contributed by atoms with Crippen LogP contribution < -0.4 is 0 Å². The van der Waals surface area contributed by atoms with Crippen LogP contribution in [0.5, 0.6) is 0 Å². The van der Waals surface area contributed by atoms with Crippen molar-refractivity contribution in [2.24, 2.45) is 0 Å². The third kappa shape index (κ3) is 91.3. The first-order valence-corrected chi connectivity index (χ1v) is 22.5. The predicted octanol–water partition coefficient (Wildman–Crippen LogP) is 14.6. The predicted molar refractivity (Wildman–Crippen MR) is 219 cm³/mol. The topological polar surface area (TPSA) is 129 Å². The molecule has 0 aromatic carbocycles. The van der Waals surface area contributed by atoms with E-state index in [1.54, 1.807) is 13.8 Å². The summed E-state index contributed by atoms with van der Waals surface area (Å²) in [5, 5.41) is 15.4. The summed E-state index contributed by atoms with van der Waals surface area (Å²) in [6.45, 7) is 12.4. The second-order valence-electron chi connectivity index (χ2n) is 13.6. The lowest BCUT2D eigenvalue weighted by atomic mass is 10.0. The molecule has 0 aromatic heterocycles. The number of hydrogen-bond acceptors (Lipinski definition) is 4. The van der Waals surface area contributed by atoms with Gasteiger partial charge >= 0.3 is 11.9 Å². The fourth-order valence-corrected chi connectivity index (χ4v) is 5.24. The van der Waals surface area contributed by atoms with Crippen molar-refractivity contribution in [1.29, 1.82) is 0 Å². The number of aliphatic carboxylic acids is 2. The summed E-state index contributed by atoms with van der Waals surface area (Å²) in [6.07, 6.45) is 47.3. The summed E-state index contributed by atoms with van der Waals surface area (Å²) in [5.74, 6) is -1.49. The normalized spacial score (nSPS) is 10.1. The summed E-state index contributed by atoms with van der Waals surface area (Å²) in [6, 6.07) is 0. The van der Waals surface area contributed by atoms with E-state index in [0.29, 0.717) is 0 Å². The van der Waals surface area contributed by atoms with Gasteiger partial charge in [0.1, 0.15) is 0 Å². The van der Waals surface area contributed by atoms with E-state index in [4.69, 9.17) is 23.2 Å². The van der Waals surface area contributed by atoms with Gasteiger partial charge in [0.05, 0.1) is 0 Å². The maximum absolute atomic E-state index is 9.37. The summed E-state index contributed by atoms with van der Waals surface area (Å²) in [5.41, 5.74) is 0. The molecular formula is C42H90O7S. The van der Waals surface area contributed by atoms with E-state index in [2.05, 4.69) is 27.7 Å². The first kappa shape index (κ1) is 58.2. The van der Waals surface area contributed by atoms with Crippen LogP contribution in [-0.2, 0) is 20.6 Å². The smallest absolute Gasteiger partial charge is 0.303 e. The Morgan fingerprint density at radius 1 is 0.320 bits per heavy atom. The van der Waals surface area contributed by atoms with Gasteiger partial charge in [-0.1, -0.05) is 247 Å². The second-order valence-corrected chi connectivity index (χ2v) is 14.1. The van der Waals surface area contributed by atoms with E-state index in [-0.39, 0.29) is 12.8 Å². The van der Waals surface area contributed by atoms with E-state index in [1.807, 2.05) is 0 Å². The molecular weight excluding hydrogens is 649 g/mol. The first-order chi connectivity index (χ1) is 24.1. The van der Waals surface area contributed by atoms with Gasteiger partial charge < -0.3 is 10.2 Å². The Balaban J connectivity index is -0.000000196. The molecule has 0 amide bonds. The van der Waals surface area contributed by atoms with Gasteiger partial charge in [-0.2, -0.15) is 0 Å². The van der Waals surface area contributed by atoms with Crippen molar-refractivity contribution in [1.82, 2.24) is 0 Å². The molecule has 0 radical (unpaired) electrons. The molecule has 7 nitrogen and oxygen atoms in total. The third-order valence-electron chi connectivity index (χ3n) is 8.52. The zero-order chi connectivity index (χ0) is 38.8. The number of thiol groups is 1. The zero-order valence-corrected chi connectivity index (χ0v) is 35.4. The molecule has 0 bridgehead atoms. The number of carboxylic acids is 2. The molecule has 0 saturated carbocycles. The summed E-state index contributed by atoms with van der Waals surface area (Å²) in [7, 11) is -3.12. The Morgan fingerprint density at radius 2 is 0.400 bits per heavy atom. The minimum atomic E-state index is -3.12. The van der Waals surface area contributed by atoms with E-state index < -0.39 is 22.9 Å². The SMILES string of the molecule is CCC(=O)O.CCC(=O)O.CCCCCCCCCCCCCCCCCC.CCCCCCCCCCCCCCCCCC.O=[SH](=O)O. The molecule has 0 aliphatic carbocycles. The van der Waals surface area contributed by atoms with E-state index in [9.17, 15) is 9.59 Å². The lowest BCUT2D eigenvalue weighted by molar-refractivity contribution is -0.137. The zero-order valence-electron chi connectivity index (χ0n) is 34.5. The summed E-state index contributed by atoms with van der Waals surface area (Å²) < 4.78 is 24.2. The van der Waals surface area contributed by atoms with Crippen molar-refractivity contribution in [2.75, 3.05) is 0 Å². The average molecular weight is 739 g/mol. The third-order valence-corrected chi connectivity index (χ3v) is 8.52. The molecule has 0 heterocycles. The van der Waals surface area contributed by atoms with Crippen molar-refractivity contribution in [2.45, 2.75) is 260 Å². The van der Waals surface area contributed by atoms with Crippen LogP contribution >= 0.6 is 0 Å². The van der Waals surface area contributed by atoms with Gasteiger partial charge in [-0.05, 0) is 0 Å². The molecule has 0 unspecified atom stereocenters. The van der Waals surface area contributed by atoms with Crippen LogP contribution in [-0.4, -0.2) is 35.1 Å². The van der Waals surface area contributed by atoms with E-state index >= 15 is 0 Å². The van der Waals surface area contributed by atoms with Gasteiger partial charge in [-0.25, -0.2) is 8.42 Å². The highest BCUT2D eigenvalue weighted by atomic mass is 32.2. The lowest BCUT2D eigenvalue weighted by Gasteiger charge is -2.03. The maximum Gasteiger partial charge on any atom is 0.303 e. The number of hydrogen-bond donors (Lipinski definition) is 4. The Labute approximate surface area is 314 Å². The molecule has 306 valence electrons. The fourth-order valence-electron chi connectivity index (χ4n) is 5.24. The van der Waals surface area contributed by atoms with Crippen LogP contribution in [0.4, 0.5) is 0 Å². The molecule has 0 atom stereocenters. The molecule has 8 heteroatoms. The van der Waals surface area contributed by atoms with Gasteiger partial charge in [0, 0.05) is 12.8 Å². The fraction of sp³-hybridized carbons (Fsp3) is 0.952. The highest BCUT2D eigenvalue weighted by Crippen LogP contribution is 2.15.